The van der Waals surface area contributed by atoms with Crippen LogP contribution in [0.1, 0.15) is 34.6 Å². The number of aliphatic hydroxyl groups is 1. The van der Waals surface area contributed by atoms with Gasteiger partial charge in [0.15, 0.2) is 0 Å². The molecule has 1 aromatic rings. The summed E-state index contributed by atoms with van der Waals surface area (Å²) in [6.45, 7) is 11.2. The fourth-order valence-corrected chi connectivity index (χ4v) is 5.26. The Morgan fingerprint density at radius 2 is 1.79 bits per heavy atom. The Labute approximate surface area is 201 Å². The van der Waals surface area contributed by atoms with Gasteiger partial charge in [0.25, 0.3) is 0 Å². The van der Waals surface area contributed by atoms with Crippen molar-refractivity contribution < 1.29 is 24.2 Å². The lowest BCUT2D eigenvalue weighted by atomic mass is 9.70. The Balaban J connectivity index is 1.90. The Kier molecular flexibility index (Phi) is 8.36. The number of nitrogens with zero attached hydrogens (tertiary/aromatic N) is 2. The fraction of sp³-hybridized carbons (Fsp3) is 0.577. The molecule has 0 unspecified atom stereocenters. The summed E-state index contributed by atoms with van der Waals surface area (Å²) in [5.41, 5.74) is 1.69. The van der Waals surface area contributed by atoms with Crippen molar-refractivity contribution >= 4 is 29.2 Å². The number of rotatable bonds is 9. The first-order chi connectivity index (χ1) is 16.3. The van der Waals surface area contributed by atoms with Crippen molar-refractivity contribution in [1.29, 1.82) is 0 Å². The lowest BCUT2D eigenvalue weighted by molar-refractivity contribution is -0.155. The number of benzene rings is 1. The van der Waals surface area contributed by atoms with Gasteiger partial charge >= 0.3 is 5.97 Å². The first-order valence-electron chi connectivity index (χ1n) is 12.2. The molecule has 34 heavy (non-hydrogen) atoms. The normalized spacial score (nSPS) is 26.7. The Morgan fingerprint density at radius 3 is 2.35 bits per heavy atom. The van der Waals surface area contributed by atoms with Crippen LogP contribution in [0.15, 0.2) is 36.4 Å². The highest BCUT2D eigenvalue weighted by Gasteiger charge is 2.58. The van der Waals surface area contributed by atoms with Gasteiger partial charge in [-0.05, 0) is 57.9 Å². The molecule has 0 aromatic heterocycles. The smallest absolute Gasteiger partial charge is 0.310 e. The predicted molar refractivity (Wildman–Crippen MR) is 131 cm³/mol. The molecule has 0 bridgehead atoms. The molecule has 6 atom stereocenters. The van der Waals surface area contributed by atoms with Crippen LogP contribution in [-0.4, -0.2) is 66.2 Å². The van der Waals surface area contributed by atoms with E-state index in [1.54, 1.807) is 13.8 Å². The quantitative estimate of drug-likeness (QED) is 0.424. The average Bonchev–Trinajstić information content (AvgIpc) is 3.12. The number of amides is 2. The lowest BCUT2D eigenvalue weighted by Crippen LogP contribution is -2.49. The third-order valence-electron chi connectivity index (χ3n) is 7.04. The van der Waals surface area contributed by atoms with E-state index in [1.165, 1.54) is 4.90 Å². The van der Waals surface area contributed by atoms with E-state index in [4.69, 9.17) is 4.74 Å². The van der Waals surface area contributed by atoms with E-state index < -0.39 is 35.8 Å². The minimum atomic E-state index is -0.831. The molecule has 1 aliphatic carbocycles. The molecule has 0 spiro atoms. The van der Waals surface area contributed by atoms with Gasteiger partial charge in [-0.2, -0.15) is 0 Å². The summed E-state index contributed by atoms with van der Waals surface area (Å²) < 4.78 is 5.27. The zero-order chi connectivity index (χ0) is 25.0. The largest absolute Gasteiger partial charge is 0.466 e. The van der Waals surface area contributed by atoms with Crippen LogP contribution in [0.2, 0.25) is 0 Å². The van der Waals surface area contributed by atoms with Crippen molar-refractivity contribution in [3.05, 3.63) is 36.4 Å². The summed E-state index contributed by atoms with van der Waals surface area (Å²) in [5, 5.41) is 12.8. The summed E-state index contributed by atoms with van der Waals surface area (Å²) >= 11 is 0. The first-order valence-corrected chi connectivity index (χ1v) is 12.2. The molecule has 1 fully saturated rings. The molecule has 3 rings (SSSR count). The van der Waals surface area contributed by atoms with Crippen LogP contribution < -0.4 is 10.2 Å². The average molecular weight is 472 g/mol. The molecule has 8 heteroatoms. The van der Waals surface area contributed by atoms with Crippen LogP contribution in [0.3, 0.4) is 0 Å². The second-order valence-corrected chi connectivity index (χ2v) is 9.06. The van der Waals surface area contributed by atoms with Gasteiger partial charge in [0.2, 0.25) is 11.8 Å². The molecule has 1 saturated heterocycles. The summed E-state index contributed by atoms with van der Waals surface area (Å²) in [5.74, 6) is -3.09. The van der Waals surface area contributed by atoms with Gasteiger partial charge in [-0.3, -0.25) is 14.4 Å². The highest BCUT2D eigenvalue weighted by Crippen LogP contribution is 2.45. The van der Waals surface area contributed by atoms with Gasteiger partial charge < -0.3 is 25.0 Å². The van der Waals surface area contributed by atoms with Crippen molar-refractivity contribution in [2.45, 2.75) is 46.7 Å². The van der Waals surface area contributed by atoms with E-state index in [0.29, 0.717) is 5.69 Å². The van der Waals surface area contributed by atoms with Gasteiger partial charge in [0.05, 0.1) is 31.1 Å². The summed E-state index contributed by atoms with van der Waals surface area (Å²) in [6, 6.07) is 6.21. The summed E-state index contributed by atoms with van der Waals surface area (Å²) in [4.78, 5) is 43.5. The minimum absolute atomic E-state index is 0.190. The number of carbonyl (C=O) groups excluding carboxylic acids is 3. The first kappa shape index (κ1) is 25.7. The number of hydrogen-bond acceptors (Lipinski definition) is 6. The van der Waals surface area contributed by atoms with Gasteiger partial charge in [-0.15, -0.1) is 0 Å². The molecule has 2 amide bonds. The molecule has 2 aliphatic rings. The molecule has 2 N–H and O–H groups in total. The van der Waals surface area contributed by atoms with E-state index in [9.17, 15) is 19.5 Å². The van der Waals surface area contributed by atoms with Crippen LogP contribution in [0.25, 0.3) is 0 Å². The maximum Gasteiger partial charge on any atom is 0.310 e. The van der Waals surface area contributed by atoms with E-state index >= 15 is 0 Å². The standard InChI is InChI=1S/C26H37N3O5/c1-6-28(7-2)19-12-10-18(11-13-19)27-24(31)23-20-14-9-16(4)21(26(33)34-8-3)22(20)25(32)29(23)17(5)15-30/h9-14,16-17,20-23,30H,6-8,15H2,1-5H3,(H,27,31)/t16-,17-,20+,21-,22-,23+/m1/s1. The maximum absolute atomic E-state index is 13.5. The lowest BCUT2D eigenvalue weighted by Gasteiger charge is -2.32. The second kappa shape index (κ2) is 11.0. The number of anilines is 2. The SMILES string of the molecule is CCOC(=O)[C@H]1[C@@H]2C(=O)N([C@H](C)CO)[C@H](C(=O)Nc3ccc(N(CC)CC)cc3)[C@H]2C=C[C@H]1C. The van der Waals surface area contributed by atoms with Gasteiger partial charge in [0.1, 0.15) is 6.04 Å². The van der Waals surface area contributed by atoms with Crippen molar-refractivity contribution in [2.75, 3.05) is 36.5 Å². The van der Waals surface area contributed by atoms with Crippen LogP contribution in [0, 0.1) is 23.7 Å². The van der Waals surface area contributed by atoms with Crippen molar-refractivity contribution in [3.63, 3.8) is 0 Å². The van der Waals surface area contributed by atoms with E-state index in [1.807, 2.05) is 43.3 Å². The molecule has 0 radical (unpaired) electrons. The third-order valence-corrected chi connectivity index (χ3v) is 7.04. The van der Waals surface area contributed by atoms with Gasteiger partial charge in [-0.1, -0.05) is 19.1 Å². The zero-order valence-corrected chi connectivity index (χ0v) is 20.7. The third kappa shape index (κ3) is 4.82. The van der Waals surface area contributed by atoms with Gasteiger partial charge in [-0.25, -0.2) is 0 Å². The van der Waals surface area contributed by atoms with Crippen LogP contribution in [0.4, 0.5) is 11.4 Å². The molecule has 8 nitrogen and oxygen atoms in total. The molecular weight excluding hydrogens is 434 g/mol. The number of hydrogen-bond donors (Lipinski definition) is 2. The number of allylic oxidation sites excluding steroid dienone is 1. The highest BCUT2D eigenvalue weighted by atomic mass is 16.5. The molecule has 1 aromatic carbocycles. The summed E-state index contributed by atoms with van der Waals surface area (Å²) in [6.07, 6.45) is 3.77. The van der Waals surface area contributed by atoms with Crippen LogP contribution >= 0.6 is 0 Å². The Morgan fingerprint density at radius 1 is 1.15 bits per heavy atom. The number of aliphatic hydroxyl groups excluding tert-OH is 1. The molecule has 0 saturated carbocycles. The Bertz CT molecular complexity index is 912. The Hall–Kier alpha value is -2.87. The topological polar surface area (TPSA) is 99.2 Å². The number of esters is 1. The van der Waals surface area contributed by atoms with Crippen molar-refractivity contribution in [1.82, 2.24) is 4.90 Å². The molecule has 186 valence electrons. The van der Waals surface area contributed by atoms with E-state index in [2.05, 4.69) is 24.1 Å². The molecule has 1 aliphatic heterocycles. The van der Waals surface area contributed by atoms with Gasteiger partial charge in [0, 0.05) is 30.4 Å². The fourth-order valence-electron chi connectivity index (χ4n) is 5.26. The summed E-state index contributed by atoms with van der Waals surface area (Å²) in [7, 11) is 0. The number of likely N-dealkylation sites (tertiary alicyclic amines) is 1. The minimum Gasteiger partial charge on any atom is -0.466 e. The van der Waals surface area contributed by atoms with E-state index in [0.717, 1.165) is 18.8 Å². The second-order valence-electron chi connectivity index (χ2n) is 9.06. The van der Waals surface area contributed by atoms with Crippen LogP contribution in [-0.2, 0) is 19.1 Å². The van der Waals surface area contributed by atoms with Crippen molar-refractivity contribution in [2.24, 2.45) is 23.7 Å². The predicted octanol–water partition coefficient (Wildman–Crippen LogP) is 2.68. The maximum atomic E-state index is 13.5. The van der Waals surface area contributed by atoms with E-state index in [-0.39, 0.29) is 30.9 Å². The number of fused-ring (bicyclic) bond motifs is 1. The number of nitrogens with one attached hydrogen (secondary N) is 1. The molecule has 1 heterocycles. The van der Waals surface area contributed by atoms with Crippen LogP contribution in [0.5, 0.6) is 0 Å². The monoisotopic (exact) mass is 471 g/mol. The number of carbonyl (C=O) groups is 3. The highest BCUT2D eigenvalue weighted by molar-refractivity contribution is 6.01. The molecular formula is C26H37N3O5. The number of ether oxygens (including phenoxy) is 1. The zero-order valence-electron chi connectivity index (χ0n) is 20.7. The van der Waals surface area contributed by atoms with Crippen molar-refractivity contribution in [3.8, 4) is 0 Å².